The van der Waals surface area contributed by atoms with E-state index in [9.17, 15) is 14.3 Å². The molecule has 4 aromatic rings. The second-order valence-corrected chi connectivity index (χ2v) is 8.44. The highest BCUT2D eigenvalue weighted by molar-refractivity contribution is 7.22. The summed E-state index contributed by atoms with van der Waals surface area (Å²) in [5, 5.41) is 17.5. The van der Waals surface area contributed by atoms with Gasteiger partial charge in [-0.1, -0.05) is 18.3 Å². The van der Waals surface area contributed by atoms with Crippen LogP contribution in [0.15, 0.2) is 24.7 Å². The SMILES string of the molecule is CC[C@@H](O)c1cc(C)c(-c2cc3nc(NC(=O)[C@H]4C[C@H]4F)sc3n3ncnc23)cn1. The van der Waals surface area contributed by atoms with E-state index in [1.54, 1.807) is 10.7 Å². The van der Waals surface area contributed by atoms with E-state index in [0.717, 1.165) is 21.5 Å². The maximum Gasteiger partial charge on any atom is 0.232 e. The molecular formula is C20H19FN6O2S. The molecule has 2 N–H and O–H groups in total. The minimum absolute atomic E-state index is 0.267. The summed E-state index contributed by atoms with van der Waals surface area (Å²) >= 11 is 1.27. The molecule has 0 aliphatic heterocycles. The summed E-state index contributed by atoms with van der Waals surface area (Å²) < 4.78 is 14.8. The molecule has 1 amide bonds. The number of aromatic nitrogens is 5. The van der Waals surface area contributed by atoms with E-state index < -0.39 is 18.2 Å². The third-order valence-corrected chi connectivity index (χ3v) is 6.29. The number of pyridine rings is 2. The molecule has 3 atom stereocenters. The Morgan fingerprint density at radius 3 is 2.90 bits per heavy atom. The Kier molecular flexibility index (Phi) is 4.48. The van der Waals surface area contributed by atoms with Gasteiger partial charge in [0.05, 0.1) is 17.7 Å². The molecule has 154 valence electrons. The van der Waals surface area contributed by atoms with Gasteiger partial charge in [-0.05, 0) is 37.5 Å². The highest BCUT2D eigenvalue weighted by atomic mass is 32.1. The number of hydrogen-bond acceptors (Lipinski definition) is 7. The van der Waals surface area contributed by atoms with Crippen LogP contribution >= 0.6 is 11.3 Å². The van der Waals surface area contributed by atoms with E-state index in [2.05, 4.69) is 25.4 Å². The lowest BCUT2D eigenvalue weighted by Crippen LogP contribution is -2.14. The third-order valence-electron chi connectivity index (χ3n) is 5.33. The minimum Gasteiger partial charge on any atom is -0.387 e. The molecule has 10 heteroatoms. The Morgan fingerprint density at radius 1 is 1.40 bits per heavy atom. The molecule has 1 fully saturated rings. The number of amides is 1. The third kappa shape index (κ3) is 3.12. The summed E-state index contributed by atoms with van der Waals surface area (Å²) in [7, 11) is 0. The summed E-state index contributed by atoms with van der Waals surface area (Å²) in [6.45, 7) is 3.86. The number of alkyl halides is 1. The zero-order chi connectivity index (χ0) is 21.0. The lowest BCUT2D eigenvalue weighted by atomic mass is 10.0. The van der Waals surface area contributed by atoms with Crippen molar-refractivity contribution in [2.75, 3.05) is 5.32 Å². The molecule has 30 heavy (non-hydrogen) atoms. The maximum absolute atomic E-state index is 13.2. The van der Waals surface area contributed by atoms with Crippen molar-refractivity contribution < 1.29 is 14.3 Å². The average Bonchev–Trinajstić information content (AvgIpc) is 3.12. The van der Waals surface area contributed by atoms with Crippen molar-refractivity contribution in [2.45, 2.75) is 39.0 Å². The molecule has 1 aliphatic carbocycles. The van der Waals surface area contributed by atoms with E-state index in [1.165, 1.54) is 17.7 Å². The van der Waals surface area contributed by atoms with Crippen molar-refractivity contribution in [2.24, 2.45) is 5.92 Å². The van der Waals surface area contributed by atoms with Gasteiger partial charge in [-0.2, -0.15) is 5.10 Å². The van der Waals surface area contributed by atoms with Crippen molar-refractivity contribution >= 4 is 38.4 Å². The number of anilines is 1. The van der Waals surface area contributed by atoms with E-state index >= 15 is 0 Å². The summed E-state index contributed by atoms with van der Waals surface area (Å²) in [5.41, 5.74) is 4.53. The Hall–Kier alpha value is -2.98. The summed E-state index contributed by atoms with van der Waals surface area (Å²) in [5.74, 6) is -0.925. The summed E-state index contributed by atoms with van der Waals surface area (Å²) in [6, 6.07) is 3.76. The standard InChI is InChI=1S/C20H19FN6O2S/c1-3-16(28)14-4-9(2)12(7-22-14)10-6-15-19(27-17(10)23-8-24-27)30-20(25-15)26-18(29)11-5-13(11)21/h4,6-8,11,13,16,28H,3,5H2,1-2H3,(H,25,26,29)/t11-,13+,16+/m0/s1. The lowest BCUT2D eigenvalue weighted by Gasteiger charge is -2.12. The van der Waals surface area contributed by atoms with Crippen LogP contribution in [0.25, 0.3) is 27.1 Å². The number of carbonyl (C=O) groups excluding carboxylic acids is 1. The molecule has 0 saturated heterocycles. The Labute approximate surface area is 174 Å². The van der Waals surface area contributed by atoms with Crippen molar-refractivity contribution in [3.8, 4) is 11.1 Å². The molecule has 1 aliphatic rings. The maximum atomic E-state index is 13.2. The van der Waals surface area contributed by atoms with Crippen molar-refractivity contribution in [1.29, 1.82) is 0 Å². The highest BCUT2D eigenvalue weighted by Gasteiger charge is 2.43. The number of carbonyl (C=O) groups is 1. The van der Waals surface area contributed by atoms with Gasteiger partial charge in [-0.3, -0.25) is 9.78 Å². The van der Waals surface area contributed by atoms with Crippen LogP contribution in [0.4, 0.5) is 9.52 Å². The van der Waals surface area contributed by atoms with Crippen molar-refractivity contribution in [1.82, 2.24) is 24.6 Å². The van der Waals surface area contributed by atoms with Crippen LogP contribution in [-0.4, -0.2) is 41.8 Å². The second kappa shape index (κ2) is 7.06. The molecule has 4 aromatic heterocycles. The van der Waals surface area contributed by atoms with E-state index in [1.807, 2.05) is 26.0 Å². The van der Waals surface area contributed by atoms with Gasteiger partial charge in [0.2, 0.25) is 5.91 Å². The first kappa shape index (κ1) is 19.0. The number of thiazole rings is 1. The summed E-state index contributed by atoms with van der Waals surface area (Å²) in [4.78, 5) is 26.1. The Bertz CT molecular complexity index is 1290. The van der Waals surface area contributed by atoms with Crippen LogP contribution in [0.1, 0.15) is 37.1 Å². The number of nitrogens with one attached hydrogen (secondary N) is 1. The van der Waals surface area contributed by atoms with Crippen LogP contribution < -0.4 is 5.32 Å². The van der Waals surface area contributed by atoms with Gasteiger partial charge < -0.3 is 10.4 Å². The molecular weight excluding hydrogens is 407 g/mol. The van der Waals surface area contributed by atoms with Crippen LogP contribution in [0, 0.1) is 12.8 Å². The number of aryl methyl sites for hydroxylation is 1. The topological polar surface area (TPSA) is 105 Å². The molecule has 5 rings (SSSR count). The summed E-state index contributed by atoms with van der Waals surface area (Å²) in [6.07, 6.45) is 2.38. The van der Waals surface area contributed by atoms with Gasteiger partial charge in [-0.15, -0.1) is 0 Å². The van der Waals surface area contributed by atoms with Gasteiger partial charge in [0.15, 0.2) is 10.8 Å². The fourth-order valence-corrected chi connectivity index (χ4v) is 4.39. The normalized spacial score (nSPS) is 19.3. The van der Waals surface area contributed by atoms with Crippen molar-refractivity contribution in [3.63, 3.8) is 0 Å². The zero-order valence-electron chi connectivity index (χ0n) is 16.3. The monoisotopic (exact) mass is 426 g/mol. The molecule has 1 saturated carbocycles. The number of hydrogen-bond donors (Lipinski definition) is 2. The number of nitrogens with zero attached hydrogens (tertiary/aromatic N) is 5. The van der Waals surface area contributed by atoms with E-state index in [4.69, 9.17) is 0 Å². The first-order valence-corrected chi connectivity index (χ1v) is 10.5. The fourth-order valence-electron chi connectivity index (χ4n) is 3.48. The van der Waals surface area contributed by atoms with Gasteiger partial charge in [0.1, 0.15) is 22.8 Å². The number of fused-ring (bicyclic) bond motifs is 3. The smallest absolute Gasteiger partial charge is 0.232 e. The molecule has 0 radical (unpaired) electrons. The molecule has 0 bridgehead atoms. The van der Waals surface area contributed by atoms with E-state index in [-0.39, 0.29) is 12.3 Å². The zero-order valence-corrected chi connectivity index (χ0v) is 17.1. The predicted molar refractivity (Wildman–Crippen MR) is 111 cm³/mol. The van der Waals surface area contributed by atoms with Crippen LogP contribution in [0.5, 0.6) is 0 Å². The fraction of sp³-hybridized carbons (Fsp3) is 0.350. The number of halogens is 1. The predicted octanol–water partition coefficient (Wildman–Crippen LogP) is 3.45. The number of aliphatic hydroxyl groups excluding tert-OH is 1. The number of rotatable bonds is 5. The molecule has 4 heterocycles. The van der Waals surface area contributed by atoms with E-state index in [0.29, 0.717) is 28.4 Å². The quantitative estimate of drug-likeness (QED) is 0.506. The van der Waals surface area contributed by atoms with Gasteiger partial charge in [0.25, 0.3) is 0 Å². The minimum atomic E-state index is -1.06. The Balaban J connectivity index is 1.59. The first-order valence-electron chi connectivity index (χ1n) is 9.69. The molecule has 0 spiro atoms. The number of aliphatic hydroxyl groups is 1. The van der Waals surface area contributed by atoms with Gasteiger partial charge >= 0.3 is 0 Å². The molecule has 0 unspecified atom stereocenters. The van der Waals surface area contributed by atoms with Gasteiger partial charge in [0, 0.05) is 17.3 Å². The van der Waals surface area contributed by atoms with Crippen LogP contribution in [0.2, 0.25) is 0 Å². The molecule has 8 nitrogen and oxygen atoms in total. The average molecular weight is 426 g/mol. The Morgan fingerprint density at radius 2 is 2.20 bits per heavy atom. The first-order chi connectivity index (χ1) is 14.5. The van der Waals surface area contributed by atoms with Crippen LogP contribution in [0.3, 0.4) is 0 Å². The highest BCUT2D eigenvalue weighted by Crippen LogP contribution is 2.37. The second-order valence-electron chi connectivity index (χ2n) is 7.46. The van der Waals surface area contributed by atoms with Crippen LogP contribution in [-0.2, 0) is 4.79 Å². The largest absolute Gasteiger partial charge is 0.387 e. The van der Waals surface area contributed by atoms with Gasteiger partial charge in [-0.25, -0.2) is 18.9 Å². The molecule has 0 aromatic carbocycles. The lowest BCUT2D eigenvalue weighted by molar-refractivity contribution is -0.117. The van der Waals surface area contributed by atoms with Crippen molar-refractivity contribution in [3.05, 3.63) is 35.9 Å².